The van der Waals surface area contributed by atoms with Crippen molar-refractivity contribution in [1.82, 2.24) is 20.0 Å². The number of carbonyl (C=O) groups is 2. The molecule has 1 amide bonds. The maximum atomic E-state index is 12.2. The Morgan fingerprint density at radius 1 is 1.29 bits per heavy atom. The van der Waals surface area contributed by atoms with E-state index in [4.69, 9.17) is 0 Å². The van der Waals surface area contributed by atoms with Gasteiger partial charge in [0.1, 0.15) is 5.01 Å². The van der Waals surface area contributed by atoms with E-state index in [-0.39, 0.29) is 0 Å². The third-order valence-corrected chi connectivity index (χ3v) is 3.99. The van der Waals surface area contributed by atoms with Crippen molar-refractivity contribution in [1.29, 1.82) is 0 Å². The van der Waals surface area contributed by atoms with Gasteiger partial charge < -0.3 is 0 Å². The Morgan fingerprint density at radius 3 is 2.57 bits per heavy atom. The van der Waals surface area contributed by atoms with Crippen LogP contribution in [0.3, 0.4) is 0 Å². The Labute approximate surface area is 126 Å². The summed E-state index contributed by atoms with van der Waals surface area (Å²) >= 11 is 1.28. The van der Waals surface area contributed by atoms with Gasteiger partial charge in [0, 0.05) is 19.2 Å². The predicted octanol–water partition coefficient (Wildman–Crippen LogP) is 1.66. The van der Waals surface area contributed by atoms with E-state index in [0.717, 1.165) is 17.8 Å². The summed E-state index contributed by atoms with van der Waals surface area (Å²) in [6.07, 6.45) is 1.76. The number of hydrogen-bond acceptors (Lipinski definition) is 6. The SMILES string of the molecule is CCCc1nnc(NC(=O)C(=O)c2c(C)nn(C)c2C)s1. The highest BCUT2D eigenvalue weighted by Crippen LogP contribution is 2.18. The monoisotopic (exact) mass is 307 g/mol. The van der Waals surface area contributed by atoms with E-state index in [2.05, 4.69) is 20.6 Å². The summed E-state index contributed by atoms with van der Waals surface area (Å²) in [4.78, 5) is 24.3. The van der Waals surface area contributed by atoms with Crippen molar-refractivity contribution in [3.8, 4) is 0 Å². The largest absolute Gasteiger partial charge is 0.298 e. The molecule has 8 heteroatoms. The van der Waals surface area contributed by atoms with Gasteiger partial charge in [0.2, 0.25) is 5.13 Å². The molecular formula is C13H17N5O2S. The molecule has 21 heavy (non-hydrogen) atoms. The van der Waals surface area contributed by atoms with E-state index in [1.807, 2.05) is 6.92 Å². The van der Waals surface area contributed by atoms with E-state index in [9.17, 15) is 9.59 Å². The molecule has 0 aliphatic heterocycles. The number of amides is 1. The molecule has 0 aromatic carbocycles. The normalized spacial score (nSPS) is 10.7. The molecule has 0 saturated heterocycles. The average Bonchev–Trinajstić information content (AvgIpc) is 2.95. The second kappa shape index (κ2) is 6.13. The Balaban J connectivity index is 2.14. The van der Waals surface area contributed by atoms with Crippen molar-refractivity contribution in [2.75, 3.05) is 5.32 Å². The summed E-state index contributed by atoms with van der Waals surface area (Å²) in [5.74, 6) is -1.32. The molecule has 2 aromatic rings. The molecule has 2 aromatic heterocycles. The molecule has 0 bridgehead atoms. The molecule has 0 unspecified atom stereocenters. The molecule has 1 N–H and O–H groups in total. The van der Waals surface area contributed by atoms with Gasteiger partial charge in [-0.25, -0.2) is 0 Å². The average molecular weight is 307 g/mol. The lowest BCUT2D eigenvalue weighted by Crippen LogP contribution is -2.24. The minimum absolute atomic E-state index is 0.341. The summed E-state index contributed by atoms with van der Waals surface area (Å²) in [7, 11) is 1.73. The van der Waals surface area contributed by atoms with Gasteiger partial charge in [0.15, 0.2) is 0 Å². The molecule has 7 nitrogen and oxygen atoms in total. The Hall–Kier alpha value is -2.09. The Bertz CT molecular complexity index is 689. The molecule has 0 saturated carbocycles. The Kier molecular flexibility index (Phi) is 4.46. The first-order valence-electron chi connectivity index (χ1n) is 6.62. The number of aromatic nitrogens is 4. The maximum Gasteiger partial charge on any atom is 0.298 e. The summed E-state index contributed by atoms with van der Waals surface area (Å²) in [5, 5.41) is 15.6. The summed E-state index contributed by atoms with van der Waals surface area (Å²) in [6, 6.07) is 0. The van der Waals surface area contributed by atoms with E-state index in [1.54, 1.807) is 25.6 Å². The highest BCUT2D eigenvalue weighted by atomic mass is 32.1. The summed E-state index contributed by atoms with van der Waals surface area (Å²) in [6.45, 7) is 5.50. The molecule has 0 aliphatic rings. The zero-order valence-corrected chi connectivity index (χ0v) is 13.2. The first-order valence-corrected chi connectivity index (χ1v) is 7.44. The van der Waals surface area contributed by atoms with Crippen molar-refractivity contribution in [2.24, 2.45) is 7.05 Å². The van der Waals surface area contributed by atoms with Crippen molar-refractivity contribution in [2.45, 2.75) is 33.6 Å². The summed E-state index contributed by atoms with van der Waals surface area (Å²) in [5.41, 5.74) is 1.55. The van der Waals surface area contributed by atoms with Crippen molar-refractivity contribution in [3.05, 3.63) is 22.0 Å². The fourth-order valence-corrected chi connectivity index (χ4v) is 2.83. The van der Waals surface area contributed by atoms with Crippen molar-refractivity contribution < 1.29 is 9.59 Å². The topological polar surface area (TPSA) is 89.8 Å². The third kappa shape index (κ3) is 3.15. The van der Waals surface area contributed by atoms with E-state index in [0.29, 0.717) is 22.1 Å². The van der Waals surface area contributed by atoms with Gasteiger partial charge in [-0.2, -0.15) is 5.10 Å². The summed E-state index contributed by atoms with van der Waals surface area (Å²) < 4.78 is 1.58. The number of nitrogens with zero attached hydrogens (tertiary/aromatic N) is 4. The van der Waals surface area contributed by atoms with E-state index >= 15 is 0 Å². The second-order valence-electron chi connectivity index (χ2n) is 4.70. The van der Waals surface area contributed by atoms with Gasteiger partial charge in [0.05, 0.1) is 11.3 Å². The van der Waals surface area contributed by atoms with Crippen LogP contribution in [0.4, 0.5) is 5.13 Å². The quantitative estimate of drug-likeness (QED) is 0.670. The molecule has 0 aliphatic carbocycles. The molecule has 0 spiro atoms. The number of aryl methyl sites for hydroxylation is 3. The van der Waals surface area contributed by atoms with Crippen LogP contribution in [0.25, 0.3) is 0 Å². The molecule has 0 atom stereocenters. The molecule has 0 radical (unpaired) electrons. The lowest BCUT2D eigenvalue weighted by atomic mass is 10.1. The lowest BCUT2D eigenvalue weighted by Gasteiger charge is -2.01. The highest BCUT2D eigenvalue weighted by Gasteiger charge is 2.24. The number of nitrogens with one attached hydrogen (secondary N) is 1. The number of ketones is 1. The van der Waals surface area contributed by atoms with Gasteiger partial charge in [0.25, 0.3) is 11.7 Å². The Morgan fingerprint density at radius 2 is 2.00 bits per heavy atom. The van der Waals surface area contributed by atoms with Crippen LogP contribution in [-0.2, 0) is 18.3 Å². The number of hydrogen-bond donors (Lipinski definition) is 1. The van der Waals surface area contributed by atoms with E-state index in [1.165, 1.54) is 11.3 Å². The van der Waals surface area contributed by atoms with E-state index < -0.39 is 11.7 Å². The van der Waals surface area contributed by atoms with Crippen LogP contribution in [0, 0.1) is 13.8 Å². The number of Topliss-reactive ketones (excluding diaryl/α,β-unsaturated/α-hetero) is 1. The molecule has 112 valence electrons. The molecule has 2 heterocycles. The van der Waals surface area contributed by atoms with Crippen LogP contribution in [0.5, 0.6) is 0 Å². The van der Waals surface area contributed by atoms with Gasteiger partial charge in [-0.1, -0.05) is 18.3 Å². The number of carbonyl (C=O) groups excluding carboxylic acids is 2. The van der Waals surface area contributed by atoms with Crippen LogP contribution in [0.1, 0.15) is 40.1 Å². The van der Waals surface area contributed by atoms with Gasteiger partial charge in [-0.05, 0) is 20.3 Å². The first-order chi connectivity index (χ1) is 9.93. The minimum Gasteiger partial charge on any atom is -0.294 e. The maximum absolute atomic E-state index is 12.2. The zero-order valence-electron chi connectivity index (χ0n) is 12.4. The van der Waals surface area contributed by atoms with Crippen LogP contribution < -0.4 is 5.32 Å². The van der Waals surface area contributed by atoms with Crippen molar-refractivity contribution >= 4 is 28.2 Å². The minimum atomic E-state index is -0.714. The van der Waals surface area contributed by atoms with Gasteiger partial charge in [-0.15, -0.1) is 10.2 Å². The number of anilines is 1. The van der Waals surface area contributed by atoms with Crippen LogP contribution >= 0.6 is 11.3 Å². The predicted molar refractivity (Wildman–Crippen MR) is 79.5 cm³/mol. The molecule has 2 rings (SSSR count). The zero-order chi connectivity index (χ0) is 15.6. The van der Waals surface area contributed by atoms with Crippen LogP contribution in [0.2, 0.25) is 0 Å². The standard InChI is InChI=1S/C13H17N5O2S/c1-5-6-9-15-16-13(21-9)14-12(20)11(19)10-7(2)17-18(4)8(10)3/h5-6H2,1-4H3,(H,14,16,20). The molecule has 0 fully saturated rings. The highest BCUT2D eigenvalue weighted by molar-refractivity contribution is 7.15. The lowest BCUT2D eigenvalue weighted by molar-refractivity contribution is -0.112. The second-order valence-corrected chi connectivity index (χ2v) is 5.77. The van der Waals surface area contributed by atoms with Crippen LogP contribution in [-0.4, -0.2) is 31.7 Å². The fraction of sp³-hybridized carbons (Fsp3) is 0.462. The van der Waals surface area contributed by atoms with Gasteiger partial charge in [-0.3, -0.25) is 19.6 Å². The smallest absolute Gasteiger partial charge is 0.294 e. The molecular weight excluding hydrogens is 290 g/mol. The first kappa shape index (κ1) is 15.3. The van der Waals surface area contributed by atoms with Crippen LogP contribution in [0.15, 0.2) is 0 Å². The van der Waals surface area contributed by atoms with Gasteiger partial charge >= 0.3 is 0 Å². The fourth-order valence-electron chi connectivity index (χ4n) is 1.99. The number of rotatable bonds is 5. The third-order valence-electron chi connectivity index (χ3n) is 3.09. The van der Waals surface area contributed by atoms with Crippen molar-refractivity contribution in [3.63, 3.8) is 0 Å².